The zero-order valence-corrected chi connectivity index (χ0v) is 12.7. The monoisotopic (exact) mass is 297 g/mol. The number of thioether (sulfide) groups is 1. The summed E-state index contributed by atoms with van der Waals surface area (Å²) in [6.07, 6.45) is 1.76. The molecule has 0 aliphatic rings. The normalized spacial score (nSPS) is 11.0. The summed E-state index contributed by atoms with van der Waals surface area (Å²) in [6, 6.07) is 11.2. The highest BCUT2D eigenvalue weighted by Gasteiger charge is 2.13. The SMILES string of the molecule is CCSc1nc2ccccc2c(=O)n1-c1ccc(C)cn1. The summed E-state index contributed by atoms with van der Waals surface area (Å²) >= 11 is 1.54. The summed E-state index contributed by atoms with van der Waals surface area (Å²) in [4.78, 5) is 21.8. The third-order valence-corrected chi connectivity index (χ3v) is 3.96. The lowest BCUT2D eigenvalue weighted by Gasteiger charge is -2.11. The van der Waals surface area contributed by atoms with Crippen molar-refractivity contribution >= 4 is 22.7 Å². The molecule has 3 rings (SSSR count). The molecule has 0 spiro atoms. The number of para-hydroxylation sites is 1. The largest absolute Gasteiger partial charge is 0.268 e. The molecule has 0 bridgehead atoms. The van der Waals surface area contributed by atoms with Gasteiger partial charge < -0.3 is 0 Å². The van der Waals surface area contributed by atoms with Gasteiger partial charge in [0, 0.05) is 6.20 Å². The average Bonchev–Trinajstić information content (AvgIpc) is 2.49. The predicted molar refractivity (Wildman–Crippen MR) is 86.3 cm³/mol. The Morgan fingerprint density at radius 3 is 2.71 bits per heavy atom. The maximum absolute atomic E-state index is 12.8. The molecular weight excluding hydrogens is 282 g/mol. The summed E-state index contributed by atoms with van der Waals surface area (Å²) < 4.78 is 1.59. The predicted octanol–water partition coefficient (Wildman–Crippen LogP) is 3.20. The zero-order chi connectivity index (χ0) is 14.8. The van der Waals surface area contributed by atoms with Gasteiger partial charge in [0.15, 0.2) is 5.16 Å². The molecule has 2 heterocycles. The first-order valence-corrected chi connectivity index (χ1v) is 7.77. The average molecular weight is 297 g/mol. The van der Waals surface area contributed by atoms with E-state index in [0.29, 0.717) is 16.4 Å². The number of pyridine rings is 1. The van der Waals surface area contributed by atoms with Crippen molar-refractivity contribution in [2.75, 3.05) is 5.75 Å². The summed E-state index contributed by atoms with van der Waals surface area (Å²) in [6.45, 7) is 4.01. The Bertz CT molecular complexity index is 840. The van der Waals surface area contributed by atoms with Crippen LogP contribution in [0.1, 0.15) is 12.5 Å². The Balaban J connectivity index is 2.33. The van der Waals surface area contributed by atoms with E-state index in [2.05, 4.69) is 9.97 Å². The van der Waals surface area contributed by atoms with Crippen molar-refractivity contribution in [1.82, 2.24) is 14.5 Å². The fourth-order valence-corrected chi connectivity index (χ4v) is 2.86. The minimum absolute atomic E-state index is 0.0760. The van der Waals surface area contributed by atoms with Gasteiger partial charge in [0.2, 0.25) is 0 Å². The molecule has 0 N–H and O–H groups in total. The van der Waals surface area contributed by atoms with Crippen LogP contribution in [0.2, 0.25) is 0 Å². The summed E-state index contributed by atoms with van der Waals surface area (Å²) in [7, 11) is 0. The van der Waals surface area contributed by atoms with E-state index >= 15 is 0 Å². The van der Waals surface area contributed by atoms with Gasteiger partial charge in [-0.15, -0.1) is 0 Å². The van der Waals surface area contributed by atoms with Crippen LogP contribution in [0, 0.1) is 6.92 Å². The maximum atomic E-state index is 12.8. The number of hydrogen-bond donors (Lipinski definition) is 0. The number of hydrogen-bond acceptors (Lipinski definition) is 4. The molecule has 0 amide bonds. The van der Waals surface area contributed by atoms with Gasteiger partial charge in [0.05, 0.1) is 10.9 Å². The van der Waals surface area contributed by atoms with Crippen LogP contribution in [0.3, 0.4) is 0 Å². The fourth-order valence-electron chi connectivity index (χ4n) is 2.13. The molecule has 0 unspecified atom stereocenters. The van der Waals surface area contributed by atoms with Crippen molar-refractivity contribution in [1.29, 1.82) is 0 Å². The van der Waals surface area contributed by atoms with E-state index in [1.54, 1.807) is 28.6 Å². The lowest BCUT2D eigenvalue weighted by molar-refractivity contribution is 0.795. The Kier molecular flexibility index (Phi) is 3.75. The lowest BCUT2D eigenvalue weighted by atomic mass is 10.2. The molecule has 2 aromatic heterocycles. The molecule has 3 aromatic rings. The van der Waals surface area contributed by atoms with Gasteiger partial charge in [-0.05, 0) is 36.4 Å². The van der Waals surface area contributed by atoms with Gasteiger partial charge in [-0.1, -0.05) is 36.9 Å². The smallest absolute Gasteiger partial charge is 0.267 e. The third-order valence-electron chi connectivity index (χ3n) is 3.14. The van der Waals surface area contributed by atoms with Gasteiger partial charge in [-0.2, -0.15) is 0 Å². The van der Waals surface area contributed by atoms with E-state index in [9.17, 15) is 4.79 Å². The van der Waals surface area contributed by atoms with Crippen LogP contribution in [0.25, 0.3) is 16.7 Å². The van der Waals surface area contributed by atoms with E-state index in [1.165, 1.54) is 0 Å². The van der Waals surface area contributed by atoms with Crippen LogP contribution in [0.5, 0.6) is 0 Å². The molecule has 0 aliphatic carbocycles. The molecule has 0 saturated heterocycles. The highest BCUT2D eigenvalue weighted by Crippen LogP contribution is 2.20. The second-order valence-electron chi connectivity index (χ2n) is 4.68. The first kappa shape index (κ1) is 13.8. The standard InChI is InChI=1S/C16H15N3OS/c1-3-21-16-18-13-7-5-4-6-12(13)15(20)19(16)14-9-8-11(2)10-17-14/h4-10H,3H2,1-2H3. The molecule has 4 nitrogen and oxygen atoms in total. The number of nitrogens with zero attached hydrogens (tertiary/aromatic N) is 3. The molecule has 0 radical (unpaired) electrons. The number of benzene rings is 1. The summed E-state index contributed by atoms with van der Waals surface area (Å²) in [5.41, 5.74) is 1.71. The van der Waals surface area contributed by atoms with Gasteiger partial charge in [-0.3, -0.25) is 4.79 Å². The molecule has 21 heavy (non-hydrogen) atoms. The molecule has 5 heteroatoms. The zero-order valence-electron chi connectivity index (χ0n) is 11.9. The molecule has 0 fully saturated rings. The van der Waals surface area contributed by atoms with E-state index < -0.39 is 0 Å². The number of fused-ring (bicyclic) bond motifs is 1. The lowest BCUT2D eigenvalue weighted by Crippen LogP contribution is -2.22. The van der Waals surface area contributed by atoms with Crippen LogP contribution >= 0.6 is 11.8 Å². The second-order valence-corrected chi connectivity index (χ2v) is 5.91. The van der Waals surface area contributed by atoms with Gasteiger partial charge in [-0.25, -0.2) is 14.5 Å². The highest BCUT2D eigenvalue weighted by molar-refractivity contribution is 7.99. The molecule has 0 atom stereocenters. The van der Waals surface area contributed by atoms with Crippen molar-refractivity contribution in [2.45, 2.75) is 19.0 Å². The first-order chi connectivity index (χ1) is 10.2. The first-order valence-electron chi connectivity index (χ1n) is 6.78. The quantitative estimate of drug-likeness (QED) is 0.550. The Morgan fingerprint density at radius 2 is 2.00 bits per heavy atom. The molecule has 0 aliphatic heterocycles. The van der Waals surface area contributed by atoms with Crippen molar-refractivity contribution in [3.63, 3.8) is 0 Å². The third kappa shape index (κ3) is 2.56. The summed E-state index contributed by atoms with van der Waals surface area (Å²) in [5.74, 6) is 1.45. The van der Waals surface area contributed by atoms with Crippen molar-refractivity contribution in [3.8, 4) is 5.82 Å². The van der Waals surface area contributed by atoms with Crippen LogP contribution in [-0.4, -0.2) is 20.3 Å². The highest BCUT2D eigenvalue weighted by atomic mass is 32.2. The summed E-state index contributed by atoms with van der Waals surface area (Å²) in [5, 5.41) is 1.29. The molecule has 0 saturated carbocycles. The van der Waals surface area contributed by atoms with Crippen molar-refractivity contribution in [2.24, 2.45) is 0 Å². The number of aryl methyl sites for hydroxylation is 1. The van der Waals surface area contributed by atoms with Crippen LogP contribution in [0.4, 0.5) is 0 Å². The van der Waals surface area contributed by atoms with Gasteiger partial charge in [0.25, 0.3) is 5.56 Å². The fraction of sp³-hybridized carbons (Fsp3) is 0.188. The molecular formula is C16H15N3OS. The van der Waals surface area contributed by atoms with E-state index in [4.69, 9.17) is 0 Å². The van der Waals surface area contributed by atoms with Gasteiger partial charge >= 0.3 is 0 Å². The minimum atomic E-state index is -0.0760. The number of rotatable bonds is 3. The van der Waals surface area contributed by atoms with Crippen LogP contribution in [-0.2, 0) is 0 Å². The minimum Gasteiger partial charge on any atom is -0.268 e. The Labute approximate surface area is 126 Å². The Hall–Kier alpha value is -2.14. The van der Waals surface area contributed by atoms with Crippen LogP contribution < -0.4 is 5.56 Å². The topological polar surface area (TPSA) is 47.8 Å². The number of aromatic nitrogens is 3. The Morgan fingerprint density at radius 1 is 1.19 bits per heavy atom. The van der Waals surface area contributed by atoms with Crippen LogP contribution in [0.15, 0.2) is 52.5 Å². The van der Waals surface area contributed by atoms with E-state index in [1.807, 2.05) is 44.2 Å². The molecule has 1 aromatic carbocycles. The van der Waals surface area contributed by atoms with E-state index in [0.717, 1.165) is 16.8 Å². The van der Waals surface area contributed by atoms with Crippen molar-refractivity contribution < 1.29 is 0 Å². The van der Waals surface area contributed by atoms with E-state index in [-0.39, 0.29) is 5.56 Å². The second kappa shape index (κ2) is 5.69. The van der Waals surface area contributed by atoms with Crippen molar-refractivity contribution in [3.05, 3.63) is 58.5 Å². The van der Waals surface area contributed by atoms with Gasteiger partial charge in [0.1, 0.15) is 5.82 Å². The maximum Gasteiger partial charge on any atom is 0.267 e. The molecule has 106 valence electrons.